The van der Waals surface area contributed by atoms with Crippen LogP contribution in [0.1, 0.15) is 36.8 Å². The first-order chi connectivity index (χ1) is 10.7. The Kier molecular flexibility index (Phi) is 6.92. The molecule has 4 N–H and O–H groups in total. The maximum Gasteiger partial charge on any atom is 0.261 e. The molecule has 0 fully saturated rings. The third kappa shape index (κ3) is 7.07. The molecule has 1 aliphatic rings. The number of hydrogen-bond donors (Lipinski definition) is 3. The molecule has 0 radical (unpaired) electrons. The number of hydrazone groups is 1. The summed E-state index contributed by atoms with van der Waals surface area (Å²) in [5, 5.41) is 5.82. The van der Waals surface area contributed by atoms with Crippen LogP contribution in [0.4, 0.5) is 0 Å². The van der Waals surface area contributed by atoms with Crippen molar-refractivity contribution in [3.63, 3.8) is 0 Å². The van der Waals surface area contributed by atoms with E-state index in [0.29, 0.717) is 12.2 Å². The predicted molar refractivity (Wildman–Crippen MR) is 90.4 cm³/mol. The SMILES string of the molecule is CC1CCC(C(=O)NC=NN)=Cc2ccccc21.CS(=O)(=O)O. The molecule has 1 aromatic carbocycles. The predicted octanol–water partition coefficient (Wildman–Crippen LogP) is 1.49. The van der Waals surface area contributed by atoms with Crippen molar-refractivity contribution in [2.75, 3.05) is 6.26 Å². The first-order valence-electron chi connectivity index (χ1n) is 6.97. The number of nitrogens with two attached hydrogens (primary N) is 1. The summed E-state index contributed by atoms with van der Waals surface area (Å²) in [6.45, 7) is 2.19. The lowest BCUT2D eigenvalue weighted by atomic mass is 9.94. The quantitative estimate of drug-likeness (QED) is 0.248. The Hall–Kier alpha value is -2.19. The summed E-state index contributed by atoms with van der Waals surface area (Å²) in [6, 6.07) is 8.19. The van der Waals surface area contributed by atoms with Crippen molar-refractivity contribution in [1.29, 1.82) is 0 Å². The van der Waals surface area contributed by atoms with E-state index in [9.17, 15) is 13.2 Å². The summed E-state index contributed by atoms with van der Waals surface area (Å²) >= 11 is 0. The first kappa shape index (κ1) is 18.9. The van der Waals surface area contributed by atoms with Gasteiger partial charge in [0.25, 0.3) is 16.0 Å². The molecule has 0 saturated carbocycles. The van der Waals surface area contributed by atoms with Crippen molar-refractivity contribution in [2.45, 2.75) is 25.7 Å². The molecule has 2 rings (SSSR count). The van der Waals surface area contributed by atoms with Crippen molar-refractivity contribution in [1.82, 2.24) is 5.32 Å². The fourth-order valence-corrected chi connectivity index (χ4v) is 2.25. The zero-order valence-electron chi connectivity index (χ0n) is 13.1. The Bertz CT molecular complexity index is 703. The second-order valence-electron chi connectivity index (χ2n) is 5.22. The molecule has 0 saturated heterocycles. The normalized spacial score (nSPS) is 17.3. The van der Waals surface area contributed by atoms with E-state index < -0.39 is 10.1 Å². The summed E-state index contributed by atoms with van der Waals surface area (Å²) in [5.41, 5.74) is 3.19. The maximum absolute atomic E-state index is 11.9. The minimum Gasteiger partial charge on any atom is -0.322 e. The third-order valence-electron chi connectivity index (χ3n) is 3.27. The number of nitrogens with zero attached hydrogens (tertiary/aromatic N) is 1. The monoisotopic (exact) mass is 339 g/mol. The van der Waals surface area contributed by atoms with Crippen LogP contribution in [-0.4, -0.2) is 31.5 Å². The number of hydrogen-bond acceptors (Lipinski definition) is 5. The Morgan fingerprint density at radius 2 is 2.04 bits per heavy atom. The van der Waals surface area contributed by atoms with Gasteiger partial charge in [-0.05, 0) is 36.0 Å². The summed E-state index contributed by atoms with van der Waals surface area (Å²) in [5.74, 6) is 5.30. The van der Waals surface area contributed by atoms with Crippen LogP contribution in [0.3, 0.4) is 0 Å². The van der Waals surface area contributed by atoms with Crippen molar-refractivity contribution >= 4 is 28.4 Å². The lowest BCUT2D eigenvalue weighted by Gasteiger charge is -2.10. The zero-order valence-corrected chi connectivity index (χ0v) is 13.9. The van der Waals surface area contributed by atoms with Gasteiger partial charge in [-0.25, -0.2) is 0 Å². The van der Waals surface area contributed by atoms with Gasteiger partial charge in [0.15, 0.2) is 0 Å². The molecule has 1 aliphatic carbocycles. The number of amides is 1. The zero-order chi connectivity index (χ0) is 17.5. The Labute approximate surface area is 136 Å². The van der Waals surface area contributed by atoms with E-state index in [-0.39, 0.29) is 5.91 Å². The number of carbonyl (C=O) groups excluding carboxylic acids is 1. The van der Waals surface area contributed by atoms with Gasteiger partial charge in [0.05, 0.1) is 6.26 Å². The summed E-state index contributed by atoms with van der Waals surface area (Å²) in [7, 11) is -3.67. The molecule has 1 unspecified atom stereocenters. The van der Waals surface area contributed by atoms with Crippen LogP contribution < -0.4 is 11.2 Å². The molecule has 1 aromatic rings. The smallest absolute Gasteiger partial charge is 0.261 e. The van der Waals surface area contributed by atoms with Crippen LogP contribution in [0.2, 0.25) is 0 Å². The molecule has 1 amide bonds. The van der Waals surface area contributed by atoms with Gasteiger partial charge in [0.1, 0.15) is 6.34 Å². The van der Waals surface area contributed by atoms with Crippen molar-refractivity contribution < 1.29 is 17.8 Å². The Balaban J connectivity index is 0.000000463. The van der Waals surface area contributed by atoms with Crippen LogP contribution in [0.25, 0.3) is 6.08 Å². The van der Waals surface area contributed by atoms with Crippen LogP contribution in [0.5, 0.6) is 0 Å². The van der Waals surface area contributed by atoms with Crippen molar-refractivity contribution in [2.24, 2.45) is 10.9 Å². The summed E-state index contributed by atoms with van der Waals surface area (Å²) in [6.07, 6.45) is 5.62. The fraction of sp³-hybridized carbons (Fsp3) is 0.333. The average Bonchev–Trinajstić information content (AvgIpc) is 2.63. The van der Waals surface area contributed by atoms with Gasteiger partial charge < -0.3 is 11.2 Å². The highest BCUT2D eigenvalue weighted by Crippen LogP contribution is 2.31. The van der Waals surface area contributed by atoms with E-state index in [1.54, 1.807) is 0 Å². The molecule has 0 bridgehead atoms. The highest BCUT2D eigenvalue weighted by Gasteiger charge is 2.18. The van der Waals surface area contributed by atoms with Gasteiger partial charge in [-0.15, -0.1) is 0 Å². The number of carbonyl (C=O) groups is 1. The van der Waals surface area contributed by atoms with E-state index >= 15 is 0 Å². The standard InChI is InChI=1S/C14H17N3O.CH4O3S/c1-10-6-7-12(14(18)16-9-17-15)8-11-4-2-3-5-13(10)11;1-5(2,3)4/h2-5,8-10H,6-7,15H2,1H3,(H,16,17,18);1H3,(H,2,3,4). The molecule has 0 aromatic heterocycles. The summed E-state index contributed by atoms with van der Waals surface area (Å²) < 4.78 is 25.9. The van der Waals surface area contributed by atoms with Gasteiger partial charge in [0.2, 0.25) is 0 Å². The third-order valence-corrected chi connectivity index (χ3v) is 3.27. The molecule has 0 aliphatic heterocycles. The lowest BCUT2D eigenvalue weighted by molar-refractivity contribution is -0.116. The topological polar surface area (TPSA) is 122 Å². The highest BCUT2D eigenvalue weighted by atomic mass is 32.2. The second kappa shape index (κ2) is 8.44. The van der Waals surface area contributed by atoms with Gasteiger partial charge in [-0.3, -0.25) is 9.35 Å². The largest absolute Gasteiger partial charge is 0.322 e. The van der Waals surface area contributed by atoms with Gasteiger partial charge in [-0.1, -0.05) is 31.2 Å². The Morgan fingerprint density at radius 3 is 2.65 bits per heavy atom. The molecule has 0 heterocycles. The Morgan fingerprint density at radius 1 is 1.43 bits per heavy atom. The van der Waals surface area contributed by atoms with E-state index in [1.165, 1.54) is 11.9 Å². The molecular formula is C15H21N3O4S. The van der Waals surface area contributed by atoms with Crippen LogP contribution >= 0.6 is 0 Å². The molecule has 8 heteroatoms. The van der Waals surface area contributed by atoms with E-state index in [0.717, 1.165) is 24.0 Å². The van der Waals surface area contributed by atoms with Crippen molar-refractivity contribution in [3.8, 4) is 0 Å². The van der Waals surface area contributed by atoms with Gasteiger partial charge in [0, 0.05) is 5.57 Å². The minimum atomic E-state index is -3.67. The molecule has 0 spiro atoms. The first-order valence-corrected chi connectivity index (χ1v) is 8.81. The number of nitrogens with one attached hydrogen (secondary N) is 1. The summed E-state index contributed by atoms with van der Waals surface area (Å²) in [4.78, 5) is 11.9. The highest BCUT2D eigenvalue weighted by molar-refractivity contribution is 7.85. The number of benzene rings is 1. The van der Waals surface area contributed by atoms with E-state index in [2.05, 4.69) is 23.4 Å². The van der Waals surface area contributed by atoms with Crippen molar-refractivity contribution in [3.05, 3.63) is 41.0 Å². The molecular weight excluding hydrogens is 318 g/mol. The van der Waals surface area contributed by atoms with Gasteiger partial charge in [-0.2, -0.15) is 13.5 Å². The fourth-order valence-electron chi connectivity index (χ4n) is 2.25. The number of rotatable bonds is 2. The number of fused-ring (bicyclic) bond motifs is 1. The molecule has 126 valence electrons. The molecule has 7 nitrogen and oxygen atoms in total. The molecule has 23 heavy (non-hydrogen) atoms. The van der Waals surface area contributed by atoms with Crippen LogP contribution in [0.15, 0.2) is 34.9 Å². The van der Waals surface area contributed by atoms with Crippen LogP contribution in [-0.2, 0) is 14.9 Å². The van der Waals surface area contributed by atoms with Crippen LogP contribution in [0, 0.1) is 0 Å². The minimum absolute atomic E-state index is 0.131. The van der Waals surface area contributed by atoms with E-state index in [1.807, 2.05) is 24.3 Å². The second-order valence-corrected chi connectivity index (χ2v) is 6.69. The average molecular weight is 339 g/mol. The van der Waals surface area contributed by atoms with E-state index in [4.69, 9.17) is 10.4 Å². The lowest BCUT2D eigenvalue weighted by Crippen LogP contribution is -2.23. The molecule has 1 atom stereocenters. The maximum atomic E-state index is 11.9. The van der Waals surface area contributed by atoms with Gasteiger partial charge >= 0.3 is 0 Å².